The lowest BCUT2D eigenvalue weighted by Crippen LogP contribution is -2.30. The molecule has 0 saturated carbocycles. The Morgan fingerprint density at radius 3 is 2.76 bits per heavy atom. The lowest BCUT2D eigenvalue weighted by molar-refractivity contribution is -0.121. The van der Waals surface area contributed by atoms with Gasteiger partial charge >= 0.3 is 0 Å². The zero-order valence-corrected chi connectivity index (χ0v) is 17.2. The molecule has 0 saturated heterocycles. The molecule has 1 aliphatic rings. The van der Waals surface area contributed by atoms with E-state index < -0.39 is 0 Å². The summed E-state index contributed by atoms with van der Waals surface area (Å²) in [5.41, 5.74) is 7.17. The Kier molecular flexibility index (Phi) is 5.74. The van der Waals surface area contributed by atoms with Crippen LogP contribution in [0.25, 0.3) is 0 Å². The van der Waals surface area contributed by atoms with E-state index in [1.54, 1.807) is 12.4 Å². The minimum atomic E-state index is -0.183. The molecule has 1 amide bonds. The van der Waals surface area contributed by atoms with E-state index in [-0.39, 0.29) is 11.9 Å². The first kappa shape index (κ1) is 19.4. The molecule has 1 N–H and O–H groups in total. The number of rotatable bonds is 6. The Balaban J connectivity index is 1.51. The number of benzene rings is 1. The molecule has 0 fully saturated rings. The molecule has 4 rings (SSSR count). The summed E-state index contributed by atoms with van der Waals surface area (Å²) >= 11 is 0. The first-order valence-electron chi connectivity index (χ1n) is 10.4. The number of carbonyl (C=O) groups excluding carboxylic acids is 1. The van der Waals surface area contributed by atoms with Crippen molar-refractivity contribution in [1.82, 2.24) is 20.1 Å². The van der Waals surface area contributed by atoms with Crippen molar-refractivity contribution in [3.63, 3.8) is 0 Å². The summed E-state index contributed by atoms with van der Waals surface area (Å²) in [5, 5.41) is 7.77. The second-order valence-electron chi connectivity index (χ2n) is 7.94. The standard InChI is InChI=1S/C24H28N4O/c1-17-7-8-18(2)21(15-17)24(19-9-12-25-13-10-19)27-23(29)11-14-28-22-6-4-3-5-20(22)16-26-28/h7-10,12-13,15-16,24H,3-6,11,14H2,1-2H3,(H,27,29)/t24-/m0/s1. The maximum absolute atomic E-state index is 12.9. The summed E-state index contributed by atoms with van der Waals surface area (Å²) < 4.78 is 2.02. The Hall–Kier alpha value is -2.95. The summed E-state index contributed by atoms with van der Waals surface area (Å²) in [6.45, 7) is 4.79. The fraction of sp³-hybridized carbons (Fsp3) is 0.375. The van der Waals surface area contributed by atoms with E-state index in [0.29, 0.717) is 13.0 Å². The highest BCUT2D eigenvalue weighted by molar-refractivity contribution is 5.77. The third-order valence-corrected chi connectivity index (χ3v) is 5.79. The molecule has 0 bridgehead atoms. The van der Waals surface area contributed by atoms with Crippen LogP contribution in [0.1, 0.15) is 58.8 Å². The number of pyridine rings is 1. The number of fused-ring (bicyclic) bond motifs is 1. The van der Waals surface area contributed by atoms with Gasteiger partial charge in [0.25, 0.3) is 0 Å². The van der Waals surface area contributed by atoms with Gasteiger partial charge in [0.2, 0.25) is 5.91 Å². The van der Waals surface area contributed by atoms with Gasteiger partial charge in [0.1, 0.15) is 0 Å². The van der Waals surface area contributed by atoms with Crippen LogP contribution in [0.5, 0.6) is 0 Å². The fourth-order valence-corrected chi connectivity index (χ4v) is 4.16. The molecule has 29 heavy (non-hydrogen) atoms. The van der Waals surface area contributed by atoms with Crippen LogP contribution in [-0.4, -0.2) is 20.7 Å². The number of aromatic nitrogens is 3. The molecule has 1 atom stereocenters. The molecule has 3 aromatic rings. The van der Waals surface area contributed by atoms with Gasteiger partial charge < -0.3 is 5.32 Å². The highest BCUT2D eigenvalue weighted by atomic mass is 16.1. The average Bonchev–Trinajstić information content (AvgIpc) is 3.16. The molecule has 0 spiro atoms. The lowest BCUT2D eigenvalue weighted by Gasteiger charge is -2.22. The maximum Gasteiger partial charge on any atom is 0.222 e. The van der Waals surface area contributed by atoms with Crippen molar-refractivity contribution in [3.8, 4) is 0 Å². The predicted octanol–water partition coefficient (Wildman–Crippen LogP) is 4.07. The van der Waals surface area contributed by atoms with Crippen LogP contribution in [0.4, 0.5) is 0 Å². The van der Waals surface area contributed by atoms with Crippen molar-refractivity contribution < 1.29 is 4.79 Å². The van der Waals surface area contributed by atoms with Crippen LogP contribution in [0, 0.1) is 13.8 Å². The Morgan fingerprint density at radius 1 is 1.14 bits per heavy atom. The molecule has 2 aromatic heterocycles. The van der Waals surface area contributed by atoms with E-state index in [1.807, 2.05) is 23.0 Å². The zero-order chi connectivity index (χ0) is 20.2. The number of nitrogens with zero attached hydrogens (tertiary/aromatic N) is 3. The summed E-state index contributed by atoms with van der Waals surface area (Å²) in [5.74, 6) is 0.0350. The monoisotopic (exact) mass is 388 g/mol. The van der Waals surface area contributed by atoms with Gasteiger partial charge in [-0.3, -0.25) is 14.5 Å². The summed E-state index contributed by atoms with van der Waals surface area (Å²) in [6.07, 6.45) is 10.6. The van der Waals surface area contributed by atoms with E-state index >= 15 is 0 Å². The van der Waals surface area contributed by atoms with Crippen molar-refractivity contribution in [2.24, 2.45) is 0 Å². The molecule has 150 valence electrons. The molecule has 0 unspecified atom stereocenters. The molecular formula is C24H28N4O. The number of carbonyl (C=O) groups is 1. The largest absolute Gasteiger partial charge is 0.345 e. The third kappa shape index (κ3) is 4.39. The van der Waals surface area contributed by atoms with Gasteiger partial charge in [-0.2, -0.15) is 5.10 Å². The number of hydrogen-bond donors (Lipinski definition) is 1. The SMILES string of the molecule is Cc1ccc(C)c([C@@H](NC(=O)CCn2ncc3c2CCCC3)c2ccncc2)c1. The topological polar surface area (TPSA) is 59.8 Å². The second kappa shape index (κ2) is 8.60. The molecular weight excluding hydrogens is 360 g/mol. The van der Waals surface area contributed by atoms with Crippen molar-refractivity contribution in [2.45, 2.75) is 58.5 Å². The number of nitrogens with one attached hydrogen (secondary N) is 1. The molecule has 1 aliphatic carbocycles. The molecule has 5 heteroatoms. The van der Waals surface area contributed by atoms with Gasteiger partial charge in [0, 0.05) is 31.1 Å². The van der Waals surface area contributed by atoms with Gasteiger partial charge in [-0.15, -0.1) is 0 Å². The number of amides is 1. The quantitative estimate of drug-likeness (QED) is 0.692. The fourth-order valence-electron chi connectivity index (χ4n) is 4.16. The van der Waals surface area contributed by atoms with Gasteiger partial charge in [0.15, 0.2) is 0 Å². The number of hydrogen-bond acceptors (Lipinski definition) is 3. The zero-order valence-electron chi connectivity index (χ0n) is 17.2. The van der Waals surface area contributed by atoms with E-state index in [4.69, 9.17) is 0 Å². The molecule has 0 radical (unpaired) electrons. The van der Waals surface area contributed by atoms with E-state index in [2.05, 4.69) is 47.4 Å². The van der Waals surface area contributed by atoms with Crippen LogP contribution in [0.15, 0.2) is 48.9 Å². The summed E-state index contributed by atoms with van der Waals surface area (Å²) in [7, 11) is 0. The highest BCUT2D eigenvalue weighted by Gasteiger charge is 2.20. The van der Waals surface area contributed by atoms with Crippen molar-refractivity contribution in [2.75, 3.05) is 0 Å². The smallest absolute Gasteiger partial charge is 0.222 e. The van der Waals surface area contributed by atoms with Crippen LogP contribution in [-0.2, 0) is 24.2 Å². The van der Waals surface area contributed by atoms with E-state index in [1.165, 1.54) is 35.2 Å². The first-order valence-corrected chi connectivity index (χ1v) is 10.4. The Labute approximate surface area is 172 Å². The minimum Gasteiger partial charge on any atom is -0.345 e. The Bertz CT molecular complexity index is 993. The molecule has 1 aromatic carbocycles. The summed E-state index contributed by atoms with van der Waals surface area (Å²) in [6, 6.07) is 10.1. The molecule has 0 aliphatic heterocycles. The van der Waals surface area contributed by atoms with Crippen LogP contribution in [0.2, 0.25) is 0 Å². The van der Waals surface area contributed by atoms with E-state index in [9.17, 15) is 4.79 Å². The Morgan fingerprint density at radius 2 is 1.93 bits per heavy atom. The maximum atomic E-state index is 12.9. The van der Waals surface area contributed by atoms with Crippen LogP contribution in [0.3, 0.4) is 0 Å². The van der Waals surface area contributed by atoms with E-state index in [0.717, 1.165) is 24.0 Å². The van der Waals surface area contributed by atoms with Crippen molar-refractivity contribution in [1.29, 1.82) is 0 Å². The molecule has 5 nitrogen and oxygen atoms in total. The lowest BCUT2D eigenvalue weighted by atomic mass is 9.94. The van der Waals surface area contributed by atoms with Crippen LogP contribution >= 0.6 is 0 Å². The third-order valence-electron chi connectivity index (χ3n) is 5.79. The minimum absolute atomic E-state index is 0.0350. The van der Waals surface area contributed by atoms with Crippen molar-refractivity contribution in [3.05, 3.63) is 82.4 Å². The van der Waals surface area contributed by atoms with Crippen LogP contribution < -0.4 is 5.32 Å². The van der Waals surface area contributed by atoms with Gasteiger partial charge in [0.05, 0.1) is 12.2 Å². The average molecular weight is 389 g/mol. The first-order chi connectivity index (χ1) is 14.1. The van der Waals surface area contributed by atoms with Gasteiger partial charge in [-0.1, -0.05) is 23.8 Å². The van der Waals surface area contributed by atoms with Gasteiger partial charge in [-0.25, -0.2) is 0 Å². The highest BCUT2D eigenvalue weighted by Crippen LogP contribution is 2.26. The van der Waals surface area contributed by atoms with Gasteiger partial charge in [-0.05, 0) is 73.9 Å². The second-order valence-corrected chi connectivity index (χ2v) is 7.94. The summed E-state index contributed by atoms with van der Waals surface area (Å²) in [4.78, 5) is 17.0. The van der Waals surface area contributed by atoms with Crippen molar-refractivity contribution >= 4 is 5.91 Å². The normalized spacial score (nSPS) is 14.3. The molecule has 2 heterocycles. The predicted molar refractivity (Wildman–Crippen MR) is 114 cm³/mol. The number of aryl methyl sites for hydroxylation is 4.